The number of nitrogens with zero attached hydrogens (tertiary/aromatic N) is 1. The van der Waals surface area contributed by atoms with Gasteiger partial charge in [-0.3, -0.25) is 14.5 Å². The Bertz CT molecular complexity index is 1230. The third kappa shape index (κ3) is 3.61. The van der Waals surface area contributed by atoms with E-state index >= 15 is 0 Å². The highest BCUT2D eigenvalue weighted by atomic mass is 35.5. The molecule has 1 aromatic heterocycles. The predicted octanol–water partition coefficient (Wildman–Crippen LogP) is 5.13. The van der Waals surface area contributed by atoms with E-state index < -0.39 is 23.5 Å². The number of ketones is 1. The van der Waals surface area contributed by atoms with Crippen molar-refractivity contribution in [2.45, 2.75) is 19.9 Å². The summed E-state index contributed by atoms with van der Waals surface area (Å²) in [5, 5.41) is 21.4. The second-order valence-corrected chi connectivity index (χ2v) is 7.67. The number of hydrogen-bond donors (Lipinski definition) is 2. The number of rotatable bonds is 6. The smallest absolute Gasteiger partial charge is 0.294 e. The maximum Gasteiger partial charge on any atom is 0.294 e. The number of amides is 1. The van der Waals surface area contributed by atoms with Crippen LogP contribution in [0.3, 0.4) is 0 Å². The Kier molecular flexibility index (Phi) is 5.67. The zero-order valence-corrected chi connectivity index (χ0v) is 18.1. The number of furan rings is 1. The van der Waals surface area contributed by atoms with E-state index in [1.54, 1.807) is 50.2 Å². The molecule has 0 radical (unpaired) electrons. The Morgan fingerprint density at radius 3 is 2.62 bits per heavy atom. The fourth-order valence-electron chi connectivity index (χ4n) is 3.80. The molecule has 7 nitrogen and oxygen atoms in total. The molecule has 1 amide bonds. The molecule has 2 aromatic carbocycles. The number of aromatic hydroxyl groups is 1. The number of phenolic OH excluding ortho intramolecular Hbond substituents is 1. The van der Waals surface area contributed by atoms with E-state index in [0.717, 1.165) is 0 Å². The van der Waals surface area contributed by atoms with E-state index in [1.807, 2.05) is 0 Å². The largest absolute Gasteiger partial charge is 0.504 e. The molecule has 2 heterocycles. The van der Waals surface area contributed by atoms with Gasteiger partial charge >= 0.3 is 0 Å². The first-order chi connectivity index (χ1) is 15.3. The van der Waals surface area contributed by atoms with Crippen molar-refractivity contribution in [3.8, 4) is 11.5 Å². The van der Waals surface area contributed by atoms with E-state index in [4.69, 9.17) is 20.8 Å². The third-order valence-corrected chi connectivity index (χ3v) is 5.45. The molecule has 1 atom stereocenters. The molecule has 0 spiro atoms. The number of ether oxygens (including phenoxy) is 1. The van der Waals surface area contributed by atoms with Gasteiger partial charge in [-0.1, -0.05) is 17.7 Å². The van der Waals surface area contributed by atoms with Crippen LogP contribution < -0.4 is 9.64 Å². The molecule has 32 heavy (non-hydrogen) atoms. The van der Waals surface area contributed by atoms with Gasteiger partial charge in [-0.2, -0.15) is 0 Å². The summed E-state index contributed by atoms with van der Waals surface area (Å²) in [5.74, 6) is -1.92. The average Bonchev–Trinajstić information content (AvgIpc) is 3.38. The van der Waals surface area contributed by atoms with Crippen LogP contribution in [-0.4, -0.2) is 28.5 Å². The zero-order chi connectivity index (χ0) is 23.0. The highest BCUT2D eigenvalue weighted by molar-refractivity contribution is 6.30. The lowest BCUT2D eigenvalue weighted by Gasteiger charge is -2.28. The summed E-state index contributed by atoms with van der Waals surface area (Å²) in [7, 11) is 0. The molecule has 1 aliphatic rings. The number of hydrogen-bond acceptors (Lipinski definition) is 6. The molecule has 0 saturated heterocycles. The highest BCUT2D eigenvalue weighted by Crippen LogP contribution is 2.44. The molecule has 3 aromatic rings. The minimum Gasteiger partial charge on any atom is -0.504 e. The quantitative estimate of drug-likeness (QED) is 0.502. The third-order valence-electron chi connectivity index (χ3n) is 5.22. The van der Waals surface area contributed by atoms with E-state index in [2.05, 4.69) is 0 Å². The SMILES string of the molecule is CCOc1cc(C2C(C(=O)c3ccco3)=C(O)C(=O)N2c2ccc(Cl)cc2C)ccc1O. The minimum absolute atomic E-state index is 0.0113. The zero-order valence-electron chi connectivity index (χ0n) is 17.3. The second kappa shape index (κ2) is 8.43. The first-order valence-corrected chi connectivity index (χ1v) is 10.3. The second-order valence-electron chi connectivity index (χ2n) is 7.24. The summed E-state index contributed by atoms with van der Waals surface area (Å²) in [4.78, 5) is 27.8. The standard InChI is InChI=1S/C24H20ClNO6/c1-3-31-19-12-14(6-9-17(19)27)21-20(22(28)18-5-4-10-32-18)23(29)24(30)26(21)16-8-7-15(25)11-13(16)2/h4-12,21,27,29H,3H2,1-2H3. The Morgan fingerprint density at radius 2 is 1.97 bits per heavy atom. The van der Waals surface area contributed by atoms with Crippen LogP contribution in [0.15, 0.2) is 70.5 Å². The van der Waals surface area contributed by atoms with Crippen LogP contribution in [0.2, 0.25) is 5.02 Å². The van der Waals surface area contributed by atoms with Crippen LogP contribution in [0.25, 0.3) is 0 Å². The molecule has 2 N–H and O–H groups in total. The van der Waals surface area contributed by atoms with Crippen LogP contribution >= 0.6 is 11.6 Å². The molecule has 8 heteroatoms. The number of carbonyl (C=O) groups excluding carboxylic acids is 2. The van der Waals surface area contributed by atoms with Crippen molar-refractivity contribution in [1.29, 1.82) is 0 Å². The highest BCUT2D eigenvalue weighted by Gasteiger charge is 2.45. The van der Waals surface area contributed by atoms with Gasteiger partial charge in [0.15, 0.2) is 23.0 Å². The van der Waals surface area contributed by atoms with Gasteiger partial charge in [0.25, 0.3) is 5.91 Å². The Balaban J connectivity index is 1.92. The van der Waals surface area contributed by atoms with Crippen LogP contribution in [0.5, 0.6) is 11.5 Å². The van der Waals surface area contributed by atoms with Gasteiger partial charge in [-0.05, 0) is 67.4 Å². The first-order valence-electron chi connectivity index (χ1n) is 9.90. The summed E-state index contributed by atoms with van der Waals surface area (Å²) in [6.45, 7) is 3.85. The van der Waals surface area contributed by atoms with Crippen molar-refractivity contribution in [3.63, 3.8) is 0 Å². The molecule has 0 saturated carbocycles. The average molecular weight is 454 g/mol. The molecule has 164 valence electrons. The normalized spacial score (nSPS) is 16.0. The minimum atomic E-state index is -0.986. The summed E-state index contributed by atoms with van der Waals surface area (Å²) < 4.78 is 10.7. The lowest BCUT2D eigenvalue weighted by atomic mass is 9.94. The summed E-state index contributed by atoms with van der Waals surface area (Å²) in [6, 6.07) is 11.5. The number of benzene rings is 2. The number of aliphatic hydroxyl groups excluding tert-OH is 1. The number of aliphatic hydroxyl groups is 1. The predicted molar refractivity (Wildman–Crippen MR) is 118 cm³/mol. The van der Waals surface area contributed by atoms with Crippen LogP contribution in [0.1, 0.15) is 34.6 Å². The Labute approximate surface area is 189 Å². The molecule has 4 rings (SSSR count). The van der Waals surface area contributed by atoms with Crippen molar-refractivity contribution in [2.24, 2.45) is 0 Å². The molecule has 0 bridgehead atoms. The van der Waals surface area contributed by atoms with Crippen molar-refractivity contribution in [2.75, 3.05) is 11.5 Å². The first kappa shape index (κ1) is 21.5. The van der Waals surface area contributed by atoms with Gasteiger partial charge in [-0.25, -0.2) is 0 Å². The maximum absolute atomic E-state index is 13.2. The Morgan fingerprint density at radius 1 is 1.19 bits per heavy atom. The maximum atomic E-state index is 13.2. The molecular weight excluding hydrogens is 434 g/mol. The fourth-order valence-corrected chi connectivity index (χ4v) is 4.03. The van der Waals surface area contributed by atoms with Crippen molar-refractivity contribution in [1.82, 2.24) is 0 Å². The van der Waals surface area contributed by atoms with Crippen LogP contribution in [-0.2, 0) is 4.79 Å². The molecular formula is C24H20ClNO6. The van der Waals surface area contributed by atoms with E-state index in [1.165, 1.54) is 23.3 Å². The van der Waals surface area contributed by atoms with Gasteiger partial charge in [0.05, 0.1) is 24.5 Å². The van der Waals surface area contributed by atoms with E-state index in [0.29, 0.717) is 28.4 Å². The number of aryl methyl sites for hydroxylation is 1. The van der Waals surface area contributed by atoms with Gasteiger partial charge in [0.1, 0.15) is 0 Å². The number of phenols is 1. The van der Waals surface area contributed by atoms with Gasteiger partial charge in [0.2, 0.25) is 5.78 Å². The van der Waals surface area contributed by atoms with E-state index in [9.17, 15) is 19.8 Å². The lowest BCUT2D eigenvalue weighted by molar-refractivity contribution is -0.117. The monoisotopic (exact) mass is 453 g/mol. The Hall–Kier alpha value is -3.71. The molecule has 0 aliphatic carbocycles. The topological polar surface area (TPSA) is 100 Å². The molecule has 1 aliphatic heterocycles. The van der Waals surface area contributed by atoms with Gasteiger partial charge in [0, 0.05) is 10.7 Å². The van der Waals surface area contributed by atoms with E-state index in [-0.39, 0.29) is 22.8 Å². The van der Waals surface area contributed by atoms with Crippen LogP contribution in [0, 0.1) is 6.92 Å². The van der Waals surface area contributed by atoms with Gasteiger partial charge < -0.3 is 19.4 Å². The summed E-state index contributed by atoms with van der Waals surface area (Å²) in [6.07, 6.45) is 1.34. The number of Topliss-reactive ketones (excluding diaryl/α,β-unsaturated/α-hetero) is 1. The number of carbonyl (C=O) groups is 2. The lowest BCUT2D eigenvalue weighted by Crippen LogP contribution is -2.31. The number of anilines is 1. The summed E-state index contributed by atoms with van der Waals surface area (Å²) in [5.41, 5.74) is 1.49. The van der Waals surface area contributed by atoms with Gasteiger partial charge in [-0.15, -0.1) is 0 Å². The van der Waals surface area contributed by atoms with Crippen LogP contribution in [0.4, 0.5) is 5.69 Å². The van der Waals surface area contributed by atoms with Crippen molar-refractivity contribution >= 4 is 29.0 Å². The number of halogens is 1. The van der Waals surface area contributed by atoms with Crippen molar-refractivity contribution < 1.29 is 29.0 Å². The molecule has 0 fully saturated rings. The summed E-state index contributed by atoms with van der Waals surface area (Å²) >= 11 is 6.09. The fraction of sp³-hybridized carbons (Fsp3) is 0.167. The molecule has 1 unspecified atom stereocenters. The van der Waals surface area contributed by atoms with Crippen molar-refractivity contribution in [3.05, 3.63) is 88.0 Å².